The van der Waals surface area contributed by atoms with E-state index < -0.39 is 16.4 Å². The van der Waals surface area contributed by atoms with Gasteiger partial charge in [0.2, 0.25) is 5.91 Å². The standard InChI is InChI=1S/C22H18N2O4S/c1-22(2)18(24-20(27)14-5-3-4-6-15(14)21(24)29-22)19(26)23-13-8-9-16-12(11-13)7-10-17(25)28-16/h3-11,18,21H,1-2H3,(H,23,26)/t18-,21+/m0/s1. The molecule has 3 heterocycles. The average molecular weight is 406 g/mol. The molecular formula is C22H18N2O4S. The van der Waals surface area contributed by atoms with Gasteiger partial charge in [0.1, 0.15) is 17.0 Å². The summed E-state index contributed by atoms with van der Waals surface area (Å²) in [6.45, 7) is 3.98. The summed E-state index contributed by atoms with van der Waals surface area (Å²) < 4.78 is 4.69. The zero-order chi connectivity index (χ0) is 20.3. The molecular weight excluding hydrogens is 388 g/mol. The Morgan fingerprint density at radius 2 is 1.90 bits per heavy atom. The number of nitrogens with zero attached hydrogens (tertiary/aromatic N) is 1. The Hall–Kier alpha value is -3.06. The molecule has 3 aromatic rings. The van der Waals surface area contributed by atoms with Crippen LogP contribution < -0.4 is 10.9 Å². The van der Waals surface area contributed by atoms with Crippen LogP contribution in [0.1, 0.15) is 35.1 Å². The smallest absolute Gasteiger partial charge is 0.336 e. The molecule has 2 atom stereocenters. The lowest BCUT2D eigenvalue weighted by atomic mass is 10.0. The van der Waals surface area contributed by atoms with E-state index in [2.05, 4.69) is 5.32 Å². The van der Waals surface area contributed by atoms with Crippen LogP contribution in [0, 0.1) is 0 Å². The molecule has 5 rings (SSSR count). The third kappa shape index (κ3) is 2.76. The van der Waals surface area contributed by atoms with Gasteiger partial charge in [-0.15, -0.1) is 11.8 Å². The minimum Gasteiger partial charge on any atom is -0.423 e. The molecule has 2 aliphatic rings. The maximum atomic E-state index is 13.3. The summed E-state index contributed by atoms with van der Waals surface area (Å²) in [5.41, 5.74) is 2.25. The first-order valence-corrected chi connectivity index (χ1v) is 10.2. The maximum Gasteiger partial charge on any atom is 0.336 e. The molecule has 29 heavy (non-hydrogen) atoms. The van der Waals surface area contributed by atoms with Crippen LogP contribution in [0.15, 0.2) is 63.8 Å². The average Bonchev–Trinajstić information content (AvgIpc) is 3.11. The Bertz CT molecular complexity index is 1230. The number of carbonyl (C=O) groups excluding carboxylic acids is 2. The lowest BCUT2D eigenvalue weighted by Crippen LogP contribution is -2.50. The van der Waals surface area contributed by atoms with E-state index in [1.54, 1.807) is 40.9 Å². The first kappa shape index (κ1) is 18.0. The van der Waals surface area contributed by atoms with Crippen molar-refractivity contribution in [2.24, 2.45) is 0 Å². The number of carbonyl (C=O) groups is 2. The van der Waals surface area contributed by atoms with Gasteiger partial charge in [-0.3, -0.25) is 9.59 Å². The number of rotatable bonds is 2. The van der Waals surface area contributed by atoms with Gasteiger partial charge in [0.05, 0.1) is 0 Å². The predicted octanol–water partition coefficient (Wildman–Crippen LogP) is 3.78. The largest absolute Gasteiger partial charge is 0.423 e. The Kier molecular flexibility index (Phi) is 3.86. The van der Waals surface area contributed by atoms with Gasteiger partial charge in [0, 0.05) is 27.5 Å². The van der Waals surface area contributed by atoms with Crippen molar-refractivity contribution in [1.29, 1.82) is 0 Å². The molecule has 0 radical (unpaired) electrons. The first-order valence-electron chi connectivity index (χ1n) is 9.29. The molecule has 0 unspecified atom stereocenters. The molecule has 1 N–H and O–H groups in total. The fourth-order valence-electron chi connectivity index (χ4n) is 4.16. The van der Waals surface area contributed by atoms with Crippen molar-refractivity contribution in [2.75, 3.05) is 5.32 Å². The fourth-order valence-corrected chi connectivity index (χ4v) is 5.75. The van der Waals surface area contributed by atoms with Crippen LogP contribution in [0.25, 0.3) is 11.0 Å². The van der Waals surface area contributed by atoms with Crippen molar-refractivity contribution in [2.45, 2.75) is 30.0 Å². The van der Waals surface area contributed by atoms with Crippen molar-refractivity contribution < 1.29 is 14.0 Å². The molecule has 0 spiro atoms. The van der Waals surface area contributed by atoms with Crippen LogP contribution in [0.5, 0.6) is 0 Å². The number of amides is 2. The van der Waals surface area contributed by atoms with Crippen molar-refractivity contribution >= 4 is 40.2 Å². The minimum absolute atomic E-state index is 0.107. The summed E-state index contributed by atoms with van der Waals surface area (Å²) in [7, 11) is 0. The number of hydrogen-bond acceptors (Lipinski definition) is 5. The van der Waals surface area contributed by atoms with Crippen molar-refractivity contribution in [3.63, 3.8) is 0 Å². The zero-order valence-corrected chi connectivity index (χ0v) is 16.7. The quantitative estimate of drug-likeness (QED) is 0.655. The zero-order valence-electron chi connectivity index (χ0n) is 15.8. The molecule has 146 valence electrons. The van der Waals surface area contributed by atoms with E-state index in [9.17, 15) is 14.4 Å². The highest BCUT2D eigenvalue weighted by atomic mass is 32.2. The Balaban J connectivity index is 1.47. The van der Waals surface area contributed by atoms with Gasteiger partial charge in [0.25, 0.3) is 5.91 Å². The summed E-state index contributed by atoms with van der Waals surface area (Å²) in [6, 6.07) is 15.0. The van der Waals surface area contributed by atoms with Crippen molar-refractivity contribution in [1.82, 2.24) is 4.90 Å². The second-order valence-electron chi connectivity index (χ2n) is 7.77. The highest BCUT2D eigenvalue weighted by molar-refractivity contribution is 8.01. The van der Waals surface area contributed by atoms with E-state index >= 15 is 0 Å². The van der Waals surface area contributed by atoms with Crippen molar-refractivity contribution in [3.8, 4) is 0 Å². The van der Waals surface area contributed by atoms with E-state index in [0.29, 0.717) is 22.2 Å². The number of fused-ring (bicyclic) bond motifs is 4. The second-order valence-corrected chi connectivity index (χ2v) is 9.51. The number of hydrogen-bond donors (Lipinski definition) is 1. The molecule has 0 saturated carbocycles. The van der Waals surface area contributed by atoms with Gasteiger partial charge >= 0.3 is 5.63 Å². The van der Waals surface area contributed by atoms with Gasteiger partial charge < -0.3 is 14.6 Å². The van der Waals surface area contributed by atoms with E-state index in [4.69, 9.17) is 4.42 Å². The van der Waals surface area contributed by atoms with Gasteiger partial charge in [-0.25, -0.2) is 4.79 Å². The van der Waals surface area contributed by atoms with Crippen LogP contribution in [0.3, 0.4) is 0 Å². The lowest BCUT2D eigenvalue weighted by Gasteiger charge is -2.29. The van der Waals surface area contributed by atoms with Crippen LogP contribution in [-0.2, 0) is 4.79 Å². The summed E-state index contributed by atoms with van der Waals surface area (Å²) in [5.74, 6) is -0.341. The first-order chi connectivity index (χ1) is 13.8. The topological polar surface area (TPSA) is 79.6 Å². The van der Waals surface area contributed by atoms with Crippen LogP contribution in [0.2, 0.25) is 0 Å². The number of thioether (sulfide) groups is 1. The fraction of sp³-hybridized carbons (Fsp3) is 0.227. The van der Waals surface area contributed by atoms with E-state index in [1.807, 2.05) is 38.1 Å². The van der Waals surface area contributed by atoms with Gasteiger partial charge in [0.15, 0.2) is 0 Å². The van der Waals surface area contributed by atoms with E-state index in [1.165, 1.54) is 6.07 Å². The van der Waals surface area contributed by atoms with Gasteiger partial charge in [-0.1, -0.05) is 18.2 Å². The van der Waals surface area contributed by atoms with Crippen LogP contribution in [-0.4, -0.2) is 27.5 Å². The van der Waals surface area contributed by atoms with Crippen LogP contribution >= 0.6 is 11.8 Å². The van der Waals surface area contributed by atoms with Crippen LogP contribution in [0.4, 0.5) is 5.69 Å². The number of benzene rings is 2. The summed E-state index contributed by atoms with van der Waals surface area (Å²) in [4.78, 5) is 39.3. The number of nitrogens with one attached hydrogen (secondary N) is 1. The Morgan fingerprint density at radius 1 is 1.10 bits per heavy atom. The highest BCUT2D eigenvalue weighted by Crippen LogP contribution is 2.56. The molecule has 1 aromatic heterocycles. The van der Waals surface area contributed by atoms with Gasteiger partial charge in [-0.2, -0.15) is 0 Å². The maximum absolute atomic E-state index is 13.3. The molecule has 0 aliphatic carbocycles. The molecule has 2 aliphatic heterocycles. The summed E-state index contributed by atoms with van der Waals surface area (Å²) in [5, 5.41) is 3.50. The SMILES string of the molecule is CC1(C)S[C@@H]2c3ccccc3C(=O)N2[C@H]1C(=O)Nc1ccc2oc(=O)ccc2c1. The highest BCUT2D eigenvalue weighted by Gasteiger charge is 2.57. The molecule has 2 amide bonds. The Labute approximate surface area is 170 Å². The lowest BCUT2D eigenvalue weighted by molar-refractivity contribution is -0.121. The number of anilines is 1. The van der Waals surface area contributed by atoms with Crippen molar-refractivity contribution in [3.05, 3.63) is 76.1 Å². The molecule has 1 fully saturated rings. The summed E-state index contributed by atoms with van der Waals surface area (Å²) in [6.07, 6.45) is 0. The predicted molar refractivity (Wildman–Crippen MR) is 112 cm³/mol. The monoisotopic (exact) mass is 406 g/mol. The molecule has 1 saturated heterocycles. The molecule has 2 aromatic carbocycles. The van der Waals surface area contributed by atoms with E-state index in [-0.39, 0.29) is 17.2 Å². The third-order valence-electron chi connectivity index (χ3n) is 5.43. The van der Waals surface area contributed by atoms with E-state index in [0.717, 1.165) is 5.56 Å². The molecule has 6 nitrogen and oxygen atoms in total. The third-order valence-corrected chi connectivity index (χ3v) is 6.97. The summed E-state index contributed by atoms with van der Waals surface area (Å²) >= 11 is 1.63. The Morgan fingerprint density at radius 3 is 2.72 bits per heavy atom. The minimum atomic E-state index is -0.609. The normalized spacial score (nSPS) is 21.9. The molecule has 0 bridgehead atoms. The van der Waals surface area contributed by atoms with Gasteiger partial charge in [-0.05, 0) is 49.7 Å². The molecule has 7 heteroatoms. The second kappa shape index (κ2) is 6.22.